The molecule has 2 heteroatoms. The van der Waals surface area contributed by atoms with Gasteiger partial charge in [0, 0.05) is 12.1 Å². The molecule has 1 fully saturated rings. The molecule has 1 aromatic carbocycles. The van der Waals surface area contributed by atoms with Crippen LogP contribution >= 0.6 is 0 Å². The van der Waals surface area contributed by atoms with Crippen molar-refractivity contribution in [3.05, 3.63) is 35.4 Å². The average Bonchev–Trinajstić information content (AvgIpc) is 2.90. The maximum atomic E-state index is 10.2. The summed E-state index contributed by atoms with van der Waals surface area (Å²) in [6.45, 7) is 0. The summed E-state index contributed by atoms with van der Waals surface area (Å²) in [5, 5.41) is 13.9. The lowest BCUT2D eigenvalue weighted by atomic mass is 10.1. The van der Waals surface area contributed by atoms with Gasteiger partial charge in [-0.2, -0.15) is 0 Å². The largest absolute Gasteiger partial charge is 0.387 e. The second-order valence-corrected chi connectivity index (χ2v) is 5.10. The maximum Gasteiger partial charge on any atom is 0.0948 e. The van der Waals surface area contributed by atoms with E-state index >= 15 is 0 Å². The van der Waals surface area contributed by atoms with Crippen LogP contribution in [0.1, 0.15) is 42.9 Å². The zero-order valence-corrected chi connectivity index (χ0v) is 9.52. The van der Waals surface area contributed by atoms with Crippen LogP contribution in [0.5, 0.6) is 0 Å². The van der Waals surface area contributed by atoms with E-state index < -0.39 is 0 Å². The summed E-state index contributed by atoms with van der Waals surface area (Å²) in [4.78, 5) is 0. The molecular weight excluding hydrogens is 198 g/mol. The van der Waals surface area contributed by atoms with Crippen LogP contribution in [0.15, 0.2) is 24.3 Å². The van der Waals surface area contributed by atoms with Crippen molar-refractivity contribution >= 4 is 0 Å². The van der Waals surface area contributed by atoms with E-state index in [1.165, 1.54) is 31.2 Å². The van der Waals surface area contributed by atoms with Crippen LogP contribution in [0.3, 0.4) is 0 Å². The van der Waals surface area contributed by atoms with E-state index in [4.69, 9.17) is 0 Å². The lowest BCUT2D eigenvalue weighted by Gasteiger charge is -2.21. The predicted molar refractivity (Wildman–Crippen MR) is 64.3 cm³/mol. The molecule has 0 bridgehead atoms. The molecule has 0 saturated heterocycles. The molecule has 86 valence electrons. The highest BCUT2D eigenvalue weighted by molar-refractivity contribution is 5.35. The van der Waals surface area contributed by atoms with E-state index in [0.29, 0.717) is 6.04 Å². The van der Waals surface area contributed by atoms with Gasteiger partial charge in [0.15, 0.2) is 0 Å². The molecule has 2 aliphatic rings. The first-order valence-corrected chi connectivity index (χ1v) is 6.36. The SMILES string of the molecule is OC1c2ccccc2C[C@@H]1NC1CCCC1. The van der Waals surface area contributed by atoms with Gasteiger partial charge in [0.05, 0.1) is 6.10 Å². The topological polar surface area (TPSA) is 32.3 Å². The highest BCUT2D eigenvalue weighted by Gasteiger charge is 2.32. The van der Waals surface area contributed by atoms with E-state index in [0.717, 1.165) is 12.0 Å². The van der Waals surface area contributed by atoms with Crippen molar-refractivity contribution in [2.24, 2.45) is 0 Å². The molecule has 1 aromatic rings. The minimum absolute atomic E-state index is 0.237. The maximum absolute atomic E-state index is 10.2. The van der Waals surface area contributed by atoms with Crippen molar-refractivity contribution in [1.29, 1.82) is 0 Å². The normalized spacial score (nSPS) is 29.6. The van der Waals surface area contributed by atoms with Gasteiger partial charge in [-0.1, -0.05) is 37.1 Å². The molecule has 2 aliphatic carbocycles. The van der Waals surface area contributed by atoms with E-state index in [-0.39, 0.29) is 12.1 Å². The molecule has 2 atom stereocenters. The number of aliphatic hydroxyl groups excluding tert-OH is 1. The van der Waals surface area contributed by atoms with E-state index in [9.17, 15) is 5.11 Å². The highest BCUT2D eigenvalue weighted by Crippen LogP contribution is 2.32. The lowest BCUT2D eigenvalue weighted by molar-refractivity contribution is 0.135. The van der Waals surface area contributed by atoms with Gasteiger partial charge in [0.25, 0.3) is 0 Å². The van der Waals surface area contributed by atoms with Crippen LogP contribution in [0.25, 0.3) is 0 Å². The van der Waals surface area contributed by atoms with Crippen LogP contribution in [-0.2, 0) is 6.42 Å². The fraction of sp³-hybridized carbons (Fsp3) is 0.571. The second kappa shape index (κ2) is 4.19. The molecule has 2 N–H and O–H groups in total. The van der Waals surface area contributed by atoms with Crippen molar-refractivity contribution in [3.63, 3.8) is 0 Å². The number of hydrogen-bond donors (Lipinski definition) is 2. The minimum Gasteiger partial charge on any atom is -0.387 e. The zero-order valence-electron chi connectivity index (χ0n) is 9.52. The molecule has 0 aliphatic heterocycles. The monoisotopic (exact) mass is 217 g/mol. The Morgan fingerprint density at radius 3 is 2.62 bits per heavy atom. The first-order chi connectivity index (χ1) is 7.84. The highest BCUT2D eigenvalue weighted by atomic mass is 16.3. The van der Waals surface area contributed by atoms with Crippen LogP contribution < -0.4 is 5.32 Å². The van der Waals surface area contributed by atoms with E-state index in [2.05, 4.69) is 23.5 Å². The fourth-order valence-corrected chi connectivity index (χ4v) is 3.12. The summed E-state index contributed by atoms with van der Waals surface area (Å²) in [7, 11) is 0. The summed E-state index contributed by atoms with van der Waals surface area (Å²) in [6.07, 6.45) is 5.91. The van der Waals surface area contributed by atoms with Gasteiger partial charge in [0.1, 0.15) is 0 Å². The minimum atomic E-state index is -0.309. The van der Waals surface area contributed by atoms with Crippen molar-refractivity contribution in [1.82, 2.24) is 5.32 Å². The van der Waals surface area contributed by atoms with Gasteiger partial charge in [0.2, 0.25) is 0 Å². The summed E-state index contributed by atoms with van der Waals surface area (Å²) in [5.41, 5.74) is 2.43. The number of aliphatic hydroxyl groups is 1. The Hall–Kier alpha value is -0.860. The summed E-state index contributed by atoms with van der Waals surface area (Å²) in [6, 6.07) is 9.13. The Balaban J connectivity index is 1.71. The molecular formula is C14H19NO. The molecule has 3 rings (SSSR count). The van der Waals surface area contributed by atoms with Gasteiger partial charge in [-0.05, 0) is 30.4 Å². The van der Waals surface area contributed by atoms with Gasteiger partial charge in [-0.3, -0.25) is 0 Å². The number of nitrogens with one attached hydrogen (secondary N) is 1. The number of rotatable bonds is 2. The first-order valence-electron chi connectivity index (χ1n) is 6.36. The van der Waals surface area contributed by atoms with E-state index in [1.807, 2.05) is 6.07 Å². The van der Waals surface area contributed by atoms with Crippen LogP contribution in [0, 0.1) is 0 Å². The molecule has 2 nitrogen and oxygen atoms in total. The average molecular weight is 217 g/mol. The number of fused-ring (bicyclic) bond motifs is 1. The first kappa shape index (κ1) is 10.3. The fourth-order valence-electron chi connectivity index (χ4n) is 3.12. The van der Waals surface area contributed by atoms with Crippen LogP contribution in [0.2, 0.25) is 0 Å². The quantitative estimate of drug-likeness (QED) is 0.795. The standard InChI is InChI=1S/C14H19NO/c16-14-12-8-4-1-5-10(12)9-13(14)15-11-6-2-3-7-11/h1,4-5,8,11,13-16H,2-3,6-7,9H2/t13-,14?/m0/s1. The van der Waals surface area contributed by atoms with Gasteiger partial charge < -0.3 is 10.4 Å². The third kappa shape index (κ3) is 1.76. The van der Waals surface area contributed by atoms with Gasteiger partial charge >= 0.3 is 0 Å². The summed E-state index contributed by atoms with van der Waals surface area (Å²) >= 11 is 0. The molecule has 0 radical (unpaired) electrons. The van der Waals surface area contributed by atoms with Crippen molar-refractivity contribution in [2.75, 3.05) is 0 Å². The Labute approximate surface area is 96.7 Å². The number of hydrogen-bond acceptors (Lipinski definition) is 2. The second-order valence-electron chi connectivity index (χ2n) is 5.10. The van der Waals surface area contributed by atoms with Crippen LogP contribution in [0.4, 0.5) is 0 Å². The molecule has 1 saturated carbocycles. The third-order valence-corrected chi connectivity index (χ3v) is 4.00. The molecule has 16 heavy (non-hydrogen) atoms. The van der Waals surface area contributed by atoms with Crippen molar-refractivity contribution < 1.29 is 5.11 Å². The predicted octanol–water partition coefficient (Wildman–Crippen LogP) is 2.18. The van der Waals surface area contributed by atoms with Crippen LogP contribution in [-0.4, -0.2) is 17.2 Å². The molecule has 0 heterocycles. The Morgan fingerprint density at radius 1 is 1.12 bits per heavy atom. The molecule has 0 aromatic heterocycles. The Morgan fingerprint density at radius 2 is 1.88 bits per heavy atom. The molecule has 0 amide bonds. The Kier molecular flexibility index (Phi) is 2.70. The smallest absolute Gasteiger partial charge is 0.0948 e. The van der Waals surface area contributed by atoms with Gasteiger partial charge in [-0.15, -0.1) is 0 Å². The van der Waals surface area contributed by atoms with Crippen molar-refractivity contribution in [3.8, 4) is 0 Å². The molecule has 1 unspecified atom stereocenters. The van der Waals surface area contributed by atoms with Gasteiger partial charge in [-0.25, -0.2) is 0 Å². The van der Waals surface area contributed by atoms with Crippen molar-refractivity contribution in [2.45, 2.75) is 50.3 Å². The lowest BCUT2D eigenvalue weighted by Crippen LogP contribution is -2.39. The third-order valence-electron chi connectivity index (χ3n) is 4.00. The molecule has 0 spiro atoms. The Bertz CT molecular complexity index is 371. The number of benzene rings is 1. The van der Waals surface area contributed by atoms with E-state index in [1.54, 1.807) is 0 Å². The summed E-state index contributed by atoms with van der Waals surface area (Å²) < 4.78 is 0. The summed E-state index contributed by atoms with van der Waals surface area (Å²) in [5.74, 6) is 0. The zero-order chi connectivity index (χ0) is 11.0.